The minimum atomic E-state index is 0.832. The molecule has 0 aliphatic carbocycles. The highest BCUT2D eigenvalue weighted by molar-refractivity contribution is 5.62. The number of nitrogens with zero attached hydrogens (tertiary/aromatic N) is 2. The van der Waals surface area contributed by atoms with Gasteiger partial charge in [0.15, 0.2) is 0 Å². The van der Waals surface area contributed by atoms with Gasteiger partial charge in [-0.05, 0) is 17.7 Å². The van der Waals surface area contributed by atoms with Crippen molar-refractivity contribution in [3.8, 4) is 0 Å². The van der Waals surface area contributed by atoms with Gasteiger partial charge in [0.1, 0.15) is 0 Å². The molecule has 3 nitrogen and oxygen atoms in total. The third-order valence-electron chi connectivity index (χ3n) is 2.14. The van der Waals surface area contributed by atoms with E-state index in [-0.39, 0.29) is 0 Å². The lowest BCUT2D eigenvalue weighted by atomic mass is 10.2. The van der Waals surface area contributed by atoms with Crippen molar-refractivity contribution in [1.82, 2.24) is 4.98 Å². The molecule has 2 aromatic rings. The summed E-state index contributed by atoms with van der Waals surface area (Å²) in [5, 5.41) is 4.13. The highest BCUT2D eigenvalue weighted by Gasteiger charge is 1.87. The Morgan fingerprint density at radius 3 is 2.56 bits per heavy atom. The molecule has 3 heteroatoms. The van der Waals surface area contributed by atoms with Crippen molar-refractivity contribution in [3.63, 3.8) is 0 Å². The first-order valence-electron chi connectivity index (χ1n) is 5.16. The van der Waals surface area contributed by atoms with Crippen LogP contribution in [0.3, 0.4) is 0 Å². The van der Waals surface area contributed by atoms with Crippen molar-refractivity contribution < 1.29 is 0 Å². The summed E-state index contributed by atoms with van der Waals surface area (Å²) in [6.45, 7) is 0. The van der Waals surface area contributed by atoms with Crippen LogP contribution in [0, 0.1) is 0 Å². The molecular formula is C13H13N3. The number of aromatic nitrogens is 1. The number of hydrazone groups is 1. The van der Waals surface area contributed by atoms with Gasteiger partial charge in [-0.25, -0.2) is 0 Å². The van der Waals surface area contributed by atoms with Crippen LogP contribution in [0.15, 0.2) is 60.0 Å². The van der Waals surface area contributed by atoms with E-state index in [1.165, 1.54) is 5.56 Å². The summed E-state index contributed by atoms with van der Waals surface area (Å²) in [7, 11) is 0. The van der Waals surface area contributed by atoms with E-state index < -0.39 is 0 Å². The van der Waals surface area contributed by atoms with Crippen LogP contribution in [0.5, 0.6) is 0 Å². The molecule has 0 saturated carbocycles. The van der Waals surface area contributed by atoms with Gasteiger partial charge >= 0.3 is 0 Å². The first-order chi connectivity index (χ1) is 7.95. The summed E-state index contributed by atoms with van der Waals surface area (Å²) in [6, 6.07) is 14.0. The van der Waals surface area contributed by atoms with Crippen LogP contribution in [0.25, 0.3) is 0 Å². The zero-order chi connectivity index (χ0) is 11.1. The molecule has 0 aliphatic rings. The van der Waals surface area contributed by atoms with E-state index in [0.717, 1.165) is 12.1 Å². The van der Waals surface area contributed by atoms with Gasteiger partial charge in [0.05, 0.1) is 5.69 Å². The molecule has 80 valence electrons. The molecule has 0 atom stereocenters. The van der Waals surface area contributed by atoms with E-state index in [2.05, 4.69) is 27.6 Å². The molecule has 1 aromatic carbocycles. The molecule has 1 heterocycles. The minimum Gasteiger partial charge on any atom is -0.279 e. The average molecular weight is 211 g/mol. The van der Waals surface area contributed by atoms with Crippen LogP contribution in [-0.2, 0) is 6.42 Å². The van der Waals surface area contributed by atoms with Gasteiger partial charge < -0.3 is 0 Å². The van der Waals surface area contributed by atoms with Gasteiger partial charge in [0.25, 0.3) is 0 Å². The fourth-order valence-corrected chi connectivity index (χ4v) is 1.31. The van der Waals surface area contributed by atoms with E-state index in [9.17, 15) is 0 Å². The number of hydrogen-bond acceptors (Lipinski definition) is 3. The number of pyridine rings is 1. The largest absolute Gasteiger partial charge is 0.279 e. The van der Waals surface area contributed by atoms with Crippen LogP contribution in [-0.4, -0.2) is 11.2 Å². The summed E-state index contributed by atoms with van der Waals surface area (Å²) >= 11 is 0. The zero-order valence-corrected chi connectivity index (χ0v) is 8.88. The van der Waals surface area contributed by atoms with Crippen molar-refractivity contribution in [2.45, 2.75) is 6.42 Å². The van der Waals surface area contributed by atoms with Gasteiger partial charge in [0, 0.05) is 25.0 Å². The number of benzene rings is 1. The van der Waals surface area contributed by atoms with Crippen LogP contribution in [0.2, 0.25) is 0 Å². The SMILES string of the molecule is C(/Cc1ccccc1)=N/Nc1ccncc1. The first-order valence-corrected chi connectivity index (χ1v) is 5.16. The predicted molar refractivity (Wildman–Crippen MR) is 66.5 cm³/mol. The summed E-state index contributed by atoms with van der Waals surface area (Å²) in [5.41, 5.74) is 5.14. The zero-order valence-electron chi connectivity index (χ0n) is 8.88. The van der Waals surface area contributed by atoms with Gasteiger partial charge in [-0.1, -0.05) is 30.3 Å². The van der Waals surface area contributed by atoms with Crippen molar-refractivity contribution in [2.75, 3.05) is 5.43 Å². The van der Waals surface area contributed by atoms with E-state index in [1.54, 1.807) is 12.4 Å². The molecule has 0 unspecified atom stereocenters. The topological polar surface area (TPSA) is 37.3 Å². The second-order valence-electron chi connectivity index (χ2n) is 3.35. The van der Waals surface area contributed by atoms with Crippen LogP contribution in [0.1, 0.15) is 5.56 Å². The smallest absolute Gasteiger partial charge is 0.0592 e. The van der Waals surface area contributed by atoms with E-state index in [0.29, 0.717) is 0 Å². The number of rotatable bonds is 4. The second-order valence-corrected chi connectivity index (χ2v) is 3.35. The third kappa shape index (κ3) is 3.20. The van der Waals surface area contributed by atoms with E-state index in [4.69, 9.17) is 0 Å². The summed E-state index contributed by atoms with van der Waals surface area (Å²) in [4.78, 5) is 3.93. The molecule has 1 aromatic heterocycles. The standard InChI is InChI=1S/C13H13N3/c1-2-4-12(5-3-1)6-11-15-16-13-7-9-14-10-8-13/h1-5,7-11H,6H2,(H,14,16)/b15-11-. The van der Waals surface area contributed by atoms with E-state index >= 15 is 0 Å². The molecule has 0 aliphatic heterocycles. The molecular weight excluding hydrogens is 198 g/mol. The average Bonchev–Trinajstić information content (AvgIpc) is 2.37. The summed E-state index contributed by atoms with van der Waals surface area (Å²) in [5.74, 6) is 0. The number of hydrogen-bond donors (Lipinski definition) is 1. The maximum Gasteiger partial charge on any atom is 0.0592 e. The van der Waals surface area contributed by atoms with Gasteiger partial charge in [-0.2, -0.15) is 5.10 Å². The summed E-state index contributed by atoms with van der Waals surface area (Å²) < 4.78 is 0. The highest BCUT2D eigenvalue weighted by Crippen LogP contribution is 2.02. The lowest BCUT2D eigenvalue weighted by molar-refractivity contribution is 1.26. The Kier molecular flexibility index (Phi) is 3.66. The van der Waals surface area contributed by atoms with Crippen LogP contribution in [0.4, 0.5) is 5.69 Å². The predicted octanol–water partition coefficient (Wildman–Crippen LogP) is 2.72. The first kappa shape index (κ1) is 10.4. The van der Waals surface area contributed by atoms with Gasteiger partial charge in [0.2, 0.25) is 0 Å². The Bertz CT molecular complexity index is 394. The molecule has 0 radical (unpaired) electrons. The Morgan fingerprint density at radius 2 is 1.81 bits per heavy atom. The third-order valence-corrected chi connectivity index (χ3v) is 2.14. The molecule has 1 N–H and O–H groups in total. The fraction of sp³-hybridized carbons (Fsp3) is 0.0769. The van der Waals surface area contributed by atoms with Crippen molar-refractivity contribution in [2.24, 2.45) is 5.10 Å². The normalized spacial score (nSPS) is 10.5. The highest BCUT2D eigenvalue weighted by atomic mass is 15.3. The minimum absolute atomic E-state index is 0.832. The van der Waals surface area contributed by atoms with Crippen LogP contribution < -0.4 is 5.43 Å². The number of nitrogens with one attached hydrogen (secondary N) is 1. The summed E-state index contributed by atoms with van der Waals surface area (Å²) in [6.07, 6.45) is 6.15. The Balaban J connectivity index is 1.83. The lowest BCUT2D eigenvalue weighted by Gasteiger charge is -1.98. The van der Waals surface area contributed by atoms with Gasteiger partial charge in [-0.3, -0.25) is 10.4 Å². The quantitative estimate of drug-likeness (QED) is 0.623. The maximum atomic E-state index is 4.13. The number of anilines is 1. The van der Waals surface area contributed by atoms with Gasteiger partial charge in [-0.15, -0.1) is 0 Å². The maximum absolute atomic E-state index is 4.13. The van der Waals surface area contributed by atoms with Crippen molar-refractivity contribution in [3.05, 3.63) is 60.4 Å². The Hall–Kier alpha value is -2.16. The molecule has 0 amide bonds. The molecule has 0 fully saturated rings. The monoisotopic (exact) mass is 211 g/mol. The Morgan fingerprint density at radius 1 is 1.06 bits per heavy atom. The molecule has 0 spiro atoms. The van der Waals surface area contributed by atoms with Crippen molar-refractivity contribution in [1.29, 1.82) is 0 Å². The molecule has 16 heavy (non-hydrogen) atoms. The molecule has 0 bridgehead atoms. The Labute approximate surface area is 94.9 Å². The van der Waals surface area contributed by atoms with Crippen LogP contribution >= 0.6 is 0 Å². The second kappa shape index (κ2) is 5.66. The van der Waals surface area contributed by atoms with E-state index in [1.807, 2.05) is 36.5 Å². The lowest BCUT2D eigenvalue weighted by Crippen LogP contribution is -1.91. The molecule has 0 saturated heterocycles. The fourth-order valence-electron chi connectivity index (χ4n) is 1.31. The van der Waals surface area contributed by atoms with Crippen molar-refractivity contribution >= 4 is 11.9 Å². The molecule has 2 rings (SSSR count).